The molecular weight excluding hydrogens is 246 g/mol. The number of aryl methyl sites for hydroxylation is 1. The predicted molar refractivity (Wildman–Crippen MR) is 87.2 cm³/mol. The van der Waals surface area contributed by atoms with E-state index in [-0.39, 0.29) is 5.54 Å². The van der Waals surface area contributed by atoms with Crippen molar-refractivity contribution in [1.29, 1.82) is 0 Å². The Morgan fingerprint density at radius 3 is 2.35 bits per heavy atom. The van der Waals surface area contributed by atoms with Gasteiger partial charge in [0.15, 0.2) is 0 Å². The van der Waals surface area contributed by atoms with Crippen LogP contribution in [0.25, 0.3) is 0 Å². The molecule has 0 fully saturated rings. The van der Waals surface area contributed by atoms with Crippen molar-refractivity contribution in [3.8, 4) is 0 Å². The largest absolute Gasteiger partial charge is 0.312 e. The topological polar surface area (TPSA) is 28.2 Å². The van der Waals surface area contributed by atoms with Crippen molar-refractivity contribution >= 4 is 0 Å². The third-order valence-corrected chi connectivity index (χ3v) is 4.65. The fourth-order valence-electron chi connectivity index (χ4n) is 2.63. The molecule has 0 aromatic carbocycles. The number of nitrogens with zero attached hydrogens (tertiary/aromatic N) is 2. The highest BCUT2D eigenvalue weighted by Crippen LogP contribution is 2.23. The number of likely N-dealkylation sites (N-methyl/N-ethyl adjacent to an activating group) is 2. The Balaban J connectivity index is 2.90. The van der Waals surface area contributed by atoms with Crippen LogP contribution in [0.2, 0.25) is 0 Å². The normalized spacial score (nSPS) is 16.1. The van der Waals surface area contributed by atoms with Gasteiger partial charge in [0.05, 0.1) is 0 Å². The number of rotatable bonds is 8. The van der Waals surface area contributed by atoms with Crippen LogP contribution in [0.1, 0.15) is 45.4 Å². The molecular formula is C17H31N3. The van der Waals surface area contributed by atoms with E-state index in [1.807, 2.05) is 6.20 Å². The van der Waals surface area contributed by atoms with Crippen LogP contribution < -0.4 is 5.32 Å². The van der Waals surface area contributed by atoms with Gasteiger partial charge in [-0.2, -0.15) is 0 Å². The van der Waals surface area contributed by atoms with Crippen LogP contribution in [-0.2, 0) is 12.8 Å². The zero-order valence-electron chi connectivity index (χ0n) is 14.0. The van der Waals surface area contributed by atoms with E-state index in [0.717, 1.165) is 25.8 Å². The molecule has 2 atom stereocenters. The standard InChI is InChI=1S/C17H31N3/c1-7-14-10-11-15(19-13-14)12-16(18-9-3)17(4,8-2)20(5)6/h10-11,13,16,18H,7-9,12H2,1-6H3. The summed E-state index contributed by atoms with van der Waals surface area (Å²) in [6.07, 6.45) is 5.15. The van der Waals surface area contributed by atoms with Crippen molar-refractivity contribution in [2.45, 2.75) is 58.5 Å². The van der Waals surface area contributed by atoms with Crippen LogP contribution in [0.3, 0.4) is 0 Å². The number of hydrogen-bond acceptors (Lipinski definition) is 3. The highest BCUT2D eigenvalue weighted by molar-refractivity contribution is 5.16. The monoisotopic (exact) mass is 277 g/mol. The van der Waals surface area contributed by atoms with Gasteiger partial charge in [0.25, 0.3) is 0 Å². The minimum absolute atomic E-state index is 0.140. The van der Waals surface area contributed by atoms with E-state index < -0.39 is 0 Å². The Hall–Kier alpha value is -0.930. The van der Waals surface area contributed by atoms with E-state index in [4.69, 9.17) is 0 Å². The van der Waals surface area contributed by atoms with Crippen molar-refractivity contribution in [2.75, 3.05) is 20.6 Å². The van der Waals surface area contributed by atoms with E-state index in [9.17, 15) is 0 Å². The summed E-state index contributed by atoms with van der Waals surface area (Å²) < 4.78 is 0. The second-order valence-electron chi connectivity index (χ2n) is 5.93. The molecule has 0 amide bonds. The number of aromatic nitrogens is 1. The van der Waals surface area contributed by atoms with Crippen LogP contribution in [0.15, 0.2) is 18.3 Å². The Labute approximate surface area is 124 Å². The molecule has 0 aliphatic carbocycles. The molecule has 114 valence electrons. The average molecular weight is 277 g/mol. The molecule has 0 radical (unpaired) electrons. The van der Waals surface area contributed by atoms with Gasteiger partial charge in [0.1, 0.15) is 0 Å². The van der Waals surface area contributed by atoms with E-state index in [1.165, 1.54) is 11.3 Å². The maximum atomic E-state index is 4.62. The highest BCUT2D eigenvalue weighted by atomic mass is 15.2. The third-order valence-electron chi connectivity index (χ3n) is 4.65. The van der Waals surface area contributed by atoms with Crippen molar-refractivity contribution < 1.29 is 0 Å². The van der Waals surface area contributed by atoms with E-state index in [0.29, 0.717) is 6.04 Å². The minimum Gasteiger partial charge on any atom is -0.312 e. The molecule has 1 heterocycles. The predicted octanol–water partition coefficient (Wildman–Crippen LogP) is 2.89. The lowest BCUT2D eigenvalue weighted by Gasteiger charge is -2.43. The maximum Gasteiger partial charge on any atom is 0.0420 e. The zero-order valence-corrected chi connectivity index (χ0v) is 14.0. The molecule has 3 nitrogen and oxygen atoms in total. The average Bonchev–Trinajstić information content (AvgIpc) is 2.46. The van der Waals surface area contributed by atoms with Crippen molar-refractivity contribution in [2.24, 2.45) is 0 Å². The summed E-state index contributed by atoms with van der Waals surface area (Å²) in [5.41, 5.74) is 2.62. The van der Waals surface area contributed by atoms with Crippen LogP contribution in [0.5, 0.6) is 0 Å². The van der Waals surface area contributed by atoms with Crippen molar-refractivity contribution in [3.05, 3.63) is 29.6 Å². The van der Waals surface area contributed by atoms with E-state index >= 15 is 0 Å². The van der Waals surface area contributed by atoms with Crippen molar-refractivity contribution in [1.82, 2.24) is 15.2 Å². The first-order valence-electron chi connectivity index (χ1n) is 7.82. The van der Waals surface area contributed by atoms with Gasteiger partial charge in [0, 0.05) is 29.9 Å². The number of pyridine rings is 1. The third kappa shape index (κ3) is 4.03. The highest BCUT2D eigenvalue weighted by Gasteiger charge is 2.34. The molecule has 3 heteroatoms. The molecule has 20 heavy (non-hydrogen) atoms. The first-order valence-corrected chi connectivity index (χ1v) is 7.82. The van der Waals surface area contributed by atoms with Crippen LogP contribution in [-0.4, -0.2) is 42.1 Å². The summed E-state index contributed by atoms with van der Waals surface area (Å²) in [6, 6.07) is 4.78. The van der Waals surface area contributed by atoms with Crippen molar-refractivity contribution in [3.63, 3.8) is 0 Å². The van der Waals surface area contributed by atoms with Gasteiger partial charge in [-0.05, 0) is 52.0 Å². The Kier molecular flexibility index (Phi) is 6.63. The molecule has 0 aliphatic rings. The Morgan fingerprint density at radius 2 is 1.95 bits per heavy atom. The van der Waals surface area contributed by atoms with Gasteiger partial charge in [-0.1, -0.05) is 26.8 Å². The minimum atomic E-state index is 0.140. The first kappa shape index (κ1) is 17.1. The molecule has 1 aromatic heterocycles. The van der Waals surface area contributed by atoms with Gasteiger partial charge in [-0.15, -0.1) is 0 Å². The molecule has 1 aromatic rings. The quantitative estimate of drug-likeness (QED) is 0.792. The summed E-state index contributed by atoms with van der Waals surface area (Å²) in [5, 5.41) is 3.65. The maximum absolute atomic E-state index is 4.62. The Bertz CT molecular complexity index is 386. The lowest BCUT2D eigenvalue weighted by molar-refractivity contribution is 0.113. The van der Waals surface area contributed by atoms with Gasteiger partial charge >= 0.3 is 0 Å². The smallest absolute Gasteiger partial charge is 0.0420 e. The lowest BCUT2D eigenvalue weighted by atomic mass is 9.85. The molecule has 0 aliphatic heterocycles. The molecule has 0 bridgehead atoms. The first-order chi connectivity index (χ1) is 9.47. The summed E-state index contributed by atoms with van der Waals surface area (Å²) in [5.74, 6) is 0. The SMILES string of the molecule is CCNC(Cc1ccc(CC)cn1)C(C)(CC)N(C)C. The number of nitrogens with one attached hydrogen (secondary N) is 1. The van der Waals surface area contributed by atoms with E-state index in [2.05, 4.69) is 69.1 Å². The second-order valence-corrected chi connectivity index (χ2v) is 5.93. The summed E-state index contributed by atoms with van der Waals surface area (Å²) in [7, 11) is 4.34. The summed E-state index contributed by atoms with van der Waals surface area (Å²) in [4.78, 5) is 6.95. The molecule has 0 spiro atoms. The molecule has 1 rings (SSSR count). The Morgan fingerprint density at radius 1 is 1.25 bits per heavy atom. The second kappa shape index (κ2) is 7.75. The summed E-state index contributed by atoms with van der Waals surface area (Å²) in [6.45, 7) is 9.92. The van der Waals surface area contributed by atoms with Gasteiger partial charge in [0.2, 0.25) is 0 Å². The fourth-order valence-corrected chi connectivity index (χ4v) is 2.63. The van der Waals surface area contributed by atoms with Crippen LogP contribution in [0.4, 0.5) is 0 Å². The van der Waals surface area contributed by atoms with Gasteiger partial charge in [-0.3, -0.25) is 4.98 Å². The fraction of sp³-hybridized carbons (Fsp3) is 0.706. The van der Waals surface area contributed by atoms with Gasteiger partial charge < -0.3 is 10.2 Å². The van der Waals surface area contributed by atoms with Gasteiger partial charge in [-0.25, -0.2) is 0 Å². The molecule has 0 saturated heterocycles. The lowest BCUT2D eigenvalue weighted by Crippen LogP contribution is -2.57. The molecule has 2 unspecified atom stereocenters. The molecule has 0 saturated carbocycles. The van der Waals surface area contributed by atoms with Crippen LogP contribution in [0, 0.1) is 0 Å². The summed E-state index contributed by atoms with van der Waals surface area (Å²) >= 11 is 0. The number of hydrogen-bond donors (Lipinski definition) is 1. The zero-order chi connectivity index (χ0) is 15.2. The van der Waals surface area contributed by atoms with Crippen LogP contribution >= 0.6 is 0 Å². The van der Waals surface area contributed by atoms with E-state index in [1.54, 1.807) is 0 Å². The molecule has 1 N–H and O–H groups in total.